The molecule has 1 fully saturated rings. The lowest BCUT2D eigenvalue weighted by molar-refractivity contribution is 0.0469. The van der Waals surface area contributed by atoms with Crippen LogP contribution in [0.3, 0.4) is 0 Å². The van der Waals surface area contributed by atoms with Crippen LogP contribution in [-0.4, -0.2) is 44.7 Å². The van der Waals surface area contributed by atoms with Crippen LogP contribution in [0.4, 0.5) is 0 Å². The average Bonchev–Trinajstić information content (AvgIpc) is 3.20. The van der Waals surface area contributed by atoms with Crippen molar-refractivity contribution < 1.29 is 9.90 Å². The third kappa shape index (κ3) is 2.61. The number of aromatic nitrogens is 2. The van der Waals surface area contributed by atoms with Gasteiger partial charge in [0.2, 0.25) is 0 Å². The number of hydrogen-bond acceptors (Lipinski definition) is 4. The second-order valence-electron chi connectivity index (χ2n) is 6.23. The number of likely N-dealkylation sites (tertiary alicyclic amines) is 1. The molecule has 4 rings (SSSR count). The number of nitrogens with zero attached hydrogens (tertiary/aromatic N) is 3. The van der Waals surface area contributed by atoms with Crippen LogP contribution in [0.1, 0.15) is 23.3 Å². The minimum absolute atomic E-state index is 0.0879. The number of piperidine rings is 1. The first kappa shape index (κ1) is 15.4. The van der Waals surface area contributed by atoms with Crippen LogP contribution in [0.25, 0.3) is 21.6 Å². The summed E-state index contributed by atoms with van der Waals surface area (Å²) in [6.07, 6.45) is 1.19. The third-order valence-corrected chi connectivity index (χ3v) is 5.44. The van der Waals surface area contributed by atoms with Crippen molar-refractivity contribution in [3.63, 3.8) is 0 Å². The van der Waals surface area contributed by atoms with Gasteiger partial charge in [-0.05, 0) is 25.0 Å². The highest BCUT2D eigenvalue weighted by Crippen LogP contribution is 2.30. The van der Waals surface area contributed by atoms with E-state index in [1.807, 2.05) is 24.6 Å². The summed E-state index contributed by atoms with van der Waals surface area (Å²) in [5.41, 5.74) is 2.63. The lowest BCUT2D eigenvalue weighted by Gasteiger charge is -2.29. The van der Waals surface area contributed by atoms with Gasteiger partial charge in [0.05, 0.1) is 11.8 Å². The molecule has 0 saturated carbocycles. The summed E-state index contributed by atoms with van der Waals surface area (Å²) in [7, 11) is 2.02. The average molecular weight is 341 g/mol. The molecule has 0 bridgehead atoms. The van der Waals surface area contributed by atoms with E-state index in [1.54, 1.807) is 4.90 Å². The Morgan fingerprint density at radius 2 is 2.21 bits per heavy atom. The number of fused-ring (bicyclic) bond motifs is 1. The molecule has 0 spiro atoms. The summed E-state index contributed by atoms with van der Waals surface area (Å²) >= 11 is 1.48. The summed E-state index contributed by atoms with van der Waals surface area (Å²) in [5.74, 6) is -0.0879. The maximum absolute atomic E-state index is 12.6. The number of carbonyl (C=O) groups excluding carboxylic acids is 1. The van der Waals surface area contributed by atoms with E-state index < -0.39 is 6.10 Å². The number of thiazole rings is 1. The Hall–Kier alpha value is -2.18. The Balaban J connectivity index is 1.64. The van der Waals surface area contributed by atoms with Gasteiger partial charge < -0.3 is 14.6 Å². The molecule has 6 heteroatoms. The van der Waals surface area contributed by atoms with E-state index in [-0.39, 0.29) is 5.91 Å². The molecule has 5 nitrogen and oxygen atoms in total. The van der Waals surface area contributed by atoms with Gasteiger partial charge in [-0.3, -0.25) is 4.79 Å². The predicted octanol–water partition coefficient (Wildman–Crippen LogP) is 2.90. The minimum atomic E-state index is -0.418. The fourth-order valence-electron chi connectivity index (χ4n) is 3.28. The van der Waals surface area contributed by atoms with Crippen LogP contribution in [0, 0.1) is 0 Å². The quantitative estimate of drug-likeness (QED) is 0.780. The van der Waals surface area contributed by atoms with Crippen molar-refractivity contribution in [2.24, 2.45) is 7.05 Å². The van der Waals surface area contributed by atoms with Crippen molar-refractivity contribution >= 4 is 28.1 Å². The first-order valence-electron chi connectivity index (χ1n) is 8.11. The number of aliphatic hydroxyl groups excluding tert-OH is 1. The molecule has 1 aliphatic rings. The van der Waals surface area contributed by atoms with Crippen molar-refractivity contribution in [2.75, 3.05) is 13.1 Å². The Kier molecular flexibility index (Phi) is 3.86. The van der Waals surface area contributed by atoms with E-state index in [0.29, 0.717) is 18.8 Å². The van der Waals surface area contributed by atoms with Crippen molar-refractivity contribution in [1.82, 2.24) is 14.5 Å². The number of aryl methyl sites for hydroxylation is 1. The van der Waals surface area contributed by atoms with Crippen molar-refractivity contribution in [2.45, 2.75) is 18.9 Å². The molecule has 0 radical (unpaired) electrons. The van der Waals surface area contributed by atoms with Crippen molar-refractivity contribution in [3.8, 4) is 10.7 Å². The Morgan fingerprint density at radius 1 is 1.38 bits per heavy atom. The number of carbonyl (C=O) groups is 1. The molecule has 1 aliphatic heterocycles. The first-order chi connectivity index (χ1) is 11.6. The summed E-state index contributed by atoms with van der Waals surface area (Å²) in [5, 5.41) is 13.6. The van der Waals surface area contributed by atoms with Gasteiger partial charge in [-0.15, -0.1) is 11.3 Å². The molecule has 0 aliphatic carbocycles. The molecule has 2 aromatic heterocycles. The second-order valence-corrected chi connectivity index (χ2v) is 7.09. The Bertz CT molecular complexity index is 899. The lowest BCUT2D eigenvalue weighted by Crippen LogP contribution is -2.42. The van der Waals surface area contributed by atoms with Crippen molar-refractivity contribution in [1.29, 1.82) is 0 Å². The van der Waals surface area contributed by atoms with Gasteiger partial charge in [0.15, 0.2) is 0 Å². The van der Waals surface area contributed by atoms with E-state index in [1.165, 1.54) is 11.3 Å². The number of benzene rings is 1. The molecule has 1 saturated heterocycles. The number of hydrogen-bond donors (Lipinski definition) is 1. The molecule has 0 unspecified atom stereocenters. The molecule has 1 N–H and O–H groups in total. The molecule has 3 heterocycles. The Morgan fingerprint density at radius 3 is 3.00 bits per heavy atom. The van der Waals surface area contributed by atoms with Crippen LogP contribution < -0.4 is 0 Å². The highest BCUT2D eigenvalue weighted by atomic mass is 32.1. The van der Waals surface area contributed by atoms with Crippen LogP contribution >= 0.6 is 11.3 Å². The zero-order valence-corrected chi connectivity index (χ0v) is 14.3. The molecule has 1 atom stereocenters. The first-order valence-corrected chi connectivity index (χ1v) is 8.99. The number of rotatable bonds is 2. The fraction of sp³-hybridized carbons (Fsp3) is 0.333. The predicted molar refractivity (Wildman–Crippen MR) is 95.2 cm³/mol. The van der Waals surface area contributed by atoms with Gasteiger partial charge in [0.25, 0.3) is 5.91 Å². The minimum Gasteiger partial charge on any atom is -0.391 e. The smallest absolute Gasteiger partial charge is 0.273 e. The van der Waals surface area contributed by atoms with Gasteiger partial charge in [0, 0.05) is 36.4 Å². The molecule has 1 amide bonds. The van der Waals surface area contributed by atoms with E-state index >= 15 is 0 Å². The maximum Gasteiger partial charge on any atom is 0.273 e. The van der Waals surface area contributed by atoms with Gasteiger partial charge in [0.1, 0.15) is 10.7 Å². The standard InChI is InChI=1S/C18H19N3O2S/c1-20-15-7-3-2-5-12(15)9-16(20)17-19-14(11-24-17)18(23)21-8-4-6-13(22)10-21/h2-3,5,7,9,11,13,22H,4,6,8,10H2,1H3/t13-/m1/s1. The summed E-state index contributed by atoms with van der Waals surface area (Å²) in [4.78, 5) is 18.9. The van der Waals surface area contributed by atoms with Gasteiger partial charge in [-0.2, -0.15) is 0 Å². The van der Waals surface area contributed by atoms with Crippen LogP contribution in [-0.2, 0) is 7.05 Å². The lowest BCUT2D eigenvalue weighted by atomic mass is 10.1. The molecule has 24 heavy (non-hydrogen) atoms. The van der Waals surface area contributed by atoms with Gasteiger partial charge >= 0.3 is 0 Å². The molecule has 3 aromatic rings. The Labute approximate surface area is 144 Å². The van der Waals surface area contributed by atoms with Crippen molar-refractivity contribution in [3.05, 3.63) is 41.4 Å². The SMILES string of the molecule is Cn1c(-c2nc(C(=O)N3CCC[C@@H](O)C3)cs2)cc2ccccc21. The van der Waals surface area contributed by atoms with Crippen LogP contribution in [0.15, 0.2) is 35.7 Å². The number of β-amino-alcohol motifs (C(OH)–C–C–N with tert-alkyl or cyclic N) is 1. The highest BCUT2D eigenvalue weighted by Gasteiger charge is 2.25. The number of aliphatic hydroxyl groups is 1. The maximum atomic E-state index is 12.6. The van der Waals surface area contributed by atoms with E-state index in [9.17, 15) is 9.90 Å². The third-order valence-electron chi connectivity index (χ3n) is 4.58. The van der Waals surface area contributed by atoms with Gasteiger partial charge in [-0.25, -0.2) is 4.98 Å². The molecule has 1 aromatic carbocycles. The van der Waals surface area contributed by atoms with E-state index in [0.717, 1.165) is 34.4 Å². The zero-order valence-electron chi connectivity index (χ0n) is 13.5. The normalized spacial score (nSPS) is 18.2. The molecular weight excluding hydrogens is 322 g/mol. The summed E-state index contributed by atoms with van der Waals surface area (Å²) in [6.45, 7) is 1.09. The summed E-state index contributed by atoms with van der Waals surface area (Å²) < 4.78 is 2.10. The summed E-state index contributed by atoms with van der Waals surface area (Å²) in [6, 6.07) is 10.3. The van der Waals surface area contributed by atoms with E-state index in [4.69, 9.17) is 0 Å². The van der Waals surface area contributed by atoms with E-state index in [2.05, 4.69) is 27.8 Å². The highest BCUT2D eigenvalue weighted by molar-refractivity contribution is 7.13. The van der Waals surface area contributed by atoms with Crippen LogP contribution in [0.5, 0.6) is 0 Å². The zero-order chi connectivity index (χ0) is 16.7. The monoisotopic (exact) mass is 341 g/mol. The second kappa shape index (κ2) is 6.03. The largest absolute Gasteiger partial charge is 0.391 e. The molecule has 124 valence electrons. The number of amides is 1. The topological polar surface area (TPSA) is 58.4 Å². The molecular formula is C18H19N3O2S. The van der Waals surface area contributed by atoms with Gasteiger partial charge in [-0.1, -0.05) is 18.2 Å². The number of para-hydroxylation sites is 1. The van der Waals surface area contributed by atoms with Crippen LogP contribution in [0.2, 0.25) is 0 Å². The fourth-order valence-corrected chi connectivity index (χ4v) is 4.13.